The van der Waals surface area contributed by atoms with Crippen LogP contribution in [-0.2, 0) is 11.4 Å². The molecule has 2 aromatic rings. The Morgan fingerprint density at radius 2 is 1.88 bits per heavy atom. The molecule has 0 aromatic heterocycles. The van der Waals surface area contributed by atoms with E-state index in [0.29, 0.717) is 6.61 Å². The molecule has 2 rings (SSSR count). The predicted molar refractivity (Wildman–Crippen MR) is 106 cm³/mol. The first kappa shape index (κ1) is 19.7. The molecule has 2 aromatic carbocycles. The van der Waals surface area contributed by atoms with Gasteiger partial charge in [0.2, 0.25) is 0 Å². The molecule has 0 saturated heterocycles. The van der Waals surface area contributed by atoms with Crippen LogP contribution in [0.15, 0.2) is 58.6 Å². The Hall–Kier alpha value is -2.58. The van der Waals surface area contributed by atoms with Crippen molar-refractivity contribution in [1.82, 2.24) is 5.32 Å². The van der Waals surface area contributed by atoms with E-state index in [9.17, 15) is 10.1 Å². The lowest BCUT2D eigenvalue weighted by Gasteiger charge is -2.10. The number of amides is 1. The second-order valence-electron chi connectivity index (χ2n) is 5.94. The van der Waals surface area contributed by atoms with E-state index in [1.54, 1.807) is 6.08 Å². The summed E-state index contributed by atoms with van der Waals surface area (Å²) in [5, 5.41) is 12.0. The van der Waals surface area contributed by atoms with E-state index in [1.807, 2.05) is 68.4 Å². The number of hydrogen-bond donors (Lipinski definition) is 1. The number of hydrogen-bond acceptors (Lipinski definition) is 3. The fourth-order valence-corrected chi connectivity index (χ4v) is 2.39. The van der Waals surface area contributed by atoms with Crippen molar-refractivity contribution in [2.45, 2.75) is 32.9 Å². The number of ether oxygens (including phenoxy) is 1. The van der Waals surface area contributed by atoms with Gasteiger partial charge < -0.3 is 10.1 Å². The first-order valence-electron chi connectivity index (χ1n) is 8.41. The van der Waals surface area contributed by atoms with Crippen molar-refractivity contribution in [3.05, 3.63) is 69.7 Å². The number of rotatable bonds is 7. The lowest BCUT2D eigenvalue weighted by molar-refractivity contribution is -0.117. The van der Waals surface area contributed by atoms with Gasteiger partial charge in [0.05, 0.1) is 0 Å². The normalized spacial score (nSPS) is 12.2. The van der Waals surface area contributed by atoms with Gasteiger partial charge in [0.15, 0.2) is 0 Å². The van der Waals surface area contributed by atoms with Crippen LogP contribution in [0.25, 0.3) is 6.08 Å². The Morgan fingerprint density at radius 3 is 2.46 bits per heavy atom. The van der Waals surface area contributed by atoms with E-state index >= 15 is 0 Å². The molecule has 0 heterocycles. The topological polar surface area (TPSA) is 62.1 Å². The van der Waals surface area contributed by atoms with Crippen LogP contribution in [0.3, 0.4) is 0 Å². The van der Waals surface area contributed by atoms with Gasteiger partial charge in [0, 0.05) is 10.5 Å². The molecule has 1 atom stereocenters. The van der Waals surface area contributed by atoms with E-state index in [1.165, 1.54) is 0 Å². The molecule has 0 aliphatic rings. The maximum absolute atomic E-state index is 12.1. The lowest BCUT2D eigenvalue weighted by Crippen LogP contribution is -2.32. The minimum absolute atomic E-state index is 0.0358. The van der Waals surface area contributed by atoms with E-state index in [4.69, 9.17) is 4.74 Å². The largest absolute Gasteiger partial charge is 0.489 e. The predicted octanol–water partition coefficient (Wildman–Crippen LogP) is 4.85. The van der Waals surface area contributed by atoms with Gasteiger partial charge >= 0.3 is 0 Å². The van der Waals surface area contributed by atoms with Gasteiger partial charge in [-0.1, -0.05) is 47.1 Å². The Kier molecular flexibility index (Phi) is 7.43. The van der Waals surface area contributed by atoms with Gasteiger partial charge in [-0.15, -0.1) is 0 Å². The molecule has 134 valence electrons. The molecule has 5 heteroatoms. The Morgan fingerprint density at radius 1 is 1.23 bits per heavy atom. The molecule has 1 amide bonds. The first-order chi connectivity index (χ1) is 12.5. The van der Waals surface area contributed by atoms with E-state index in [-0.39, 0.29) is 17.5 Å². The second-order valence-corrected chi connectivity index (χ2v) is 6.85. The van der Waals surface area contributed by atoms with Crippen molar-refractivity contribution >= 4 is 27.9 Å². The summed E-state index contributed by atoms with van der Waals surface area (Å²) in [5.74, 6) is 0.380. The molecule has 4 nitrogen and oxygen atoms in total. The number of nitrogens with one attached hydrogen (secondary N) is 1. The molecule has 0 saturated carbocycles. The van der Waals surface area contributed by atoms with Crippen molar-refractivity contribution in [3.8, 4) is 11.8 Å². The summed E-state index contributed by atoms with van der Waals surface area (Å²) in [5.41, 5.74) is 1.94. The van der Waals surface area contributed by atoms with Crippen molar-refractivity contribution in [3.63, 3.8) is 0 Å². The summed E-state index contributed by atoms with van der Waals surface area (Å²) >= 11 is 3.40. The third-order valence-corrected chi connectivity index (χ3v) is 4.39. The zero-order chi connectivity index (χ0) is 18.9. The van der Waals surface area contributed by atoms with Crippen LogP contribution < -0.4 is 10.1 Å². The SMILES string of the molecule is CC[C@@H](C)NC(=O)/C(C#N)=C/c1ccc(OCc2ccc(Br)cc2)cc1. The van der Waals surface area contributed by atoms with E-state index < -0.39 is 0 Å². The van der Waals surface area contributed by atoms with Crippen LogP contribution in [0, 0.1) is 11.3 Å². The number of benzene rings is 2. The van der Waals surface area contributed by atoms with Crippen LogP contribution >= 0.6 is 15.9 Å². The van der Waals surface area contributed by atoms with Crippen LogP contribution in [0.1, 0.15) is 31.4 Å². The molecule has 0 fully saturated rings. The Bertz CT molecular complexity index is 805. The summed E-state index contributed by atoms with van der Waals surface area (Å²) in [6, 6.07) is 17.2. The standard InChI is InChI=1S/C21H21BrN2O2/c1-3-15(2)24-21(25)18(13-23)12-16-6-10-20(11-7-16)26-14-17-4-8-19(22)9-5-17/h4-12,15H,3,14H2,1-2H3,(H,24,25)/b18-12+/t15-/m1/s1. The maximum Gasteiger partial charge on any atom is 0.262 e. The van der Waals surface area contributed by atoms with Gasteiger partial charge in [0.25, 0.3) is 5.91 Å². The van der Waals surface area contributed by atoms with Crippen molar-refractivity contribution in [1.29, 1.82) is 5.26 Å². The van der Waals surface area contributed by atoms with Gasteiger partial charge in [-0.25, -0.2) is 0 Å². The Labute approximate surface area is 162 Å². The molecule has 0 spiro atoms. The highest BCUT2D eigenvalue weighted by Gasteiger charge is 2.11. The molecule has 0 aliphatic heterocycles. The molecule has 0 aliphatic carbocycles. The van der Waals surface area contributed by atoms with E-state index in [0.717, 1.165) is 27.8 Å². The molecule has 0 bridgehead atoms. The zero-order valence-electron chi connectivity index (χ0n) is 14.8. The highest BCUT2D eigenvalue weighted by Crippen LogP contribution is 2.17. The average Bonchev–Trinajstić information content (AvgIpc) is 2.66. The molecule has 26 heavy (non-hydrogen) atoms. The monoisotopic (exact) mass is 412 g/mol. The van der Waals surface area contributed by atoms with Crippen LogP contribution in [0.2, 0.25) is 0 Å². The lowest BCUT2D eigenvalue weighted by atomic mass is 10.1. The minimum atomic E-state index is -0.350. The van der Waals surface area contributed by atoms with Gasteiger partial charge in [-0.3, -0.25) is 4.79 Å². The summed E-state index contributed by atoms with van der Waals surface area (Å²) in [4.78, 5) is 12.1. The molecule has 0 radical (unpaired) electrons. The molecular formula is C21H21BrN2O2. The zero-order valence-corrected chi connectivity index (χ0v) is 16.4. The summed E-state index contributed by atoms with van der Waals surface area (Å²) < 4.78 is 6.78. The van der Waals surface area contributed by atoms with Gasteiger partial charge in [-0.05, 0) is 54.8 Å². The van der Waals surface area contributed by atoms with Crippen LogP contribution in [-0.4, -0.2) is 11.9 Å². The molecule has 1 N–H and O–H groups in total. The Balaban J connectivity index is 2.00. The van der Waals surface area contributed by atoms with Crippen LogP contribution in [0.4, 0.5) is 0 Å². The van der Waals surface area contributed by atoms with Crippen molar-refractivity contribution in [2.75, 3.05) is 0 Å². The third-order valence-electron chi connectivity index (χ3n) is 3.86. The molecular weight excluding hydrogens is 392 g/mol. The summed E-state index contributed by atoms with van der Waals surface area (Å²) in [7, 11) is 0. The van der Waals surface area contributed by atoms with Gasteiger partial charge in [-0.2, -0.15) is 5.26 Å². The van der Waals surface area contributed by atoms with E-state index in [2.05, 4.69) is 21.2 Å². The maximum atomic E-state index is 12.1. The second kappa shape index (κ2) is 9.79. The van der Waals surface area contributed by atoms with Gasteiger partial charge in [0.1, 0.15) is 24.0 Å². The fraction of sp³-hybridized carbons (Fsp3) is 0.238. The third kappa shape index (κ3) is 6.05. The number of carbonyl (C=O) groups is 1. The quantitative estimate of drug-likeness (QED) is 0.522. The first-order valence-corrected chi connectivity index (χ1v) is 9.21. The number of nitrogens with zero attached hydrogens (tertiary/aromatic N) is 1. The van der Waals surface area contributed by atoms with Crippen molar-refractivity contribution in [2.24, 2.45) is 0 Å². The van der Waals surface area contributed by atoms with Crippen LogP contribution in [0.5, 0.6) is 5.75 Å². The minimum Gasteiger partial charge on any atom is -0.489 e. The summed E-state index contributed by atoms with van der Waals surface area (Å²) in [6.45, 7) is 4.36. The average molecular weight is 413 g/mol. The highest BCUT2D eigenvalue weighted by atomic mass is 79.9. The summed E-state index contributed by atoms with van der Waals surface area (Å²) in [6.07, 6.45) is 2.39. The molecule has 0 unspecified atom stereocenters. The number of nitriles is 1. The number of carbonyl (C=O) groups excluding carboxylic acids is 1. The number of halogens is 1. The van der Waals surface area contributed by atoms with Crippen molar-refractivity contribution < 1.29 is 9.53 Å². The highest BCUT2D eigenvalue weighted by molar-refractivity contribution is 9.10. The smallest absolute Gasteiger partial charge is 0.262 e. The fourth-order valence-electron chi connectivity index (χ4n) is 2.13.